The highest BCUT2D eigenvalue weighted by Gasteiger charge is 2.16. The molecule has 3 rings (SSSR count). The Morgan fingerprint density at radius 2 is 1.63 bits per heavy atom. The van der Waals surface area contributed by atoms with Crippen molar-refractivity contribution in [1.29, 1.82) is 0 Å². The predicted octanol–water partition coefficient (Wildman–Crippen LogP) is 3.45. The van der Waals surface area contributed by atoms with Gasteiger partial charge in [-0.05, 0) is 35.1 Å². The van der Waals surface area contributed by atoms with Crippen LogP contribution >= 0.6 is 11.3 Å². The second kappa shape index (κ2) is 8.91. The van der Waals surface area contributed by atoms with Crippen LogP contribution in [0.5, 0.6) is 0 Å². The number of imide groups is 1. The molecule has 0 saturated carbocycles. The fourth-order valence-corrected chi connectivity index (χ4v) is 3.15. The highest BCUT2D eigenvalue weighted by molar-refractivity contribution is 7.12. The molecule has 3 aromatic rings. The minimum Gasteiger partial charge on any atom is -0.452 e. The summed E-state index contributed by atoms with van der Waals surface area (Å²) in [4.78, 5) is 36.5. The SMILES string of the molecule is O=C(COC(=O)c1ccccc1Cc1ccccc1)NC(=O)c1cccs1. The molecule has 6 heteroatoms. The highest BCUT2D eigenvalue weighted by Crippen LogP contribution is 2.15. The van der Waals surface area contributed by atoms with Gasteiger partial charge in [0.2, 0.25) is 0 Å². The van der Waals surface area contributed by atoms with Crippen LogP contribution in [0.25, 0.3) is 0 Å². The lowest BCUT2D eigenvalue weighted by Crippen LogP contribution is -2.33. The van der Waals surface area contributed by atoms with Crippen molar-refractivity contribution in [3.63, 3.8) is 0 Å². The summed E-state index contributed by atoms with van der Waals surface area (Å²) < 4.78 is 5.09. The van der Waals surface area contributed by atoms with Gasteiger partial charge >= 0.3 is 5.97 Å². The maximum Gasteiger partial charge on any atom is 0.338 e. The molecule has 27 heavy (non-hydrogen) atoms. The van der Waals surface area contributed by atoms with Crippen LogP contribution in [-0.2, 0) is 16.0 Å². The van der Waals surface area contributed by atoms with Crippen molar-refractivity contribution < 1.29 is 19.1 Å². The largest absolute Gasteiger partial charge is 0.452 e. The minimum atomic E-state index is -0.665. The average molecular weight is 379 g/mol. The first-order chi connectivity index (χ1) is 13.1. The Labute approximate surface area is 160 Å². The number of esters is 1. The molecule has 2 amide bonds. The van der Waals surface area contributed by atoms with Gasteiger partial charge in [-0.15, -0.1) is 11.3 Å². The van der Waals surface area contributed by atoms with E-state index in [0.29, 0.717) is 16.9 Å². The molecule has 0 atom stereocenters. The molecule has 1 N–H and O–H groups in total. The van der Waals surface area contributed by atoms with Crippen molar-refractivity contribution in [2.75, 3.05) is 6.61 Å². The van der Waals surface area contributed by atoms with Crippen molar-refractivity contribution in [1.82, 2.24) is 5.32 Å². The van der Waals surface area contributed by atoms with Gasteiger partial charge in [0.05, 0.1) is 10.4 Å². The first-order valence-corrected chi connectivity index (χ1v) is 9.18. The zero-order chi connectivity index (χ0) is 19.1. The Kier molecular flexibility index (Phi) is 6.12. The number of amides is 2. The van der Waals surface area contributed by atoms with Gasteiger partial charge in [0.1, 0.15) is 0 Å². The van der Waals surface area contributed by atoms with E-state index in [1.54, 1.807) is 29.6 Å². The number of ether oxygens (including phenoxy) is 1. The minimum absolute atomic E-state index is 0.402. The molecule has 0 radical (unpaired) electrons. The molecule has 136 valence electrons. The first-order valence-electron chi connectivity index (χ1n) is 8.30. The summed E-state index contributed by atoms with van der Waals surface area (Å²) in [7, 11) is 0. The number of benzene rings is 2. The van der Waals surface area contributed by atoms with Crippen LogP contribution in [0.3, 0.4) is 0 Å². The molecule has 0 saturated heterocycles. The predicted molar refractivity (Wildman–Crippen MR) is 103 cm³/mol. The molecule has 0 fully saturated rings. The molecular formula is C21H17NO4S. The molecule has 1 aromatic heterocycles. The lowest BCUT2D eigenvalue weighted by molar-refractivity contribution is -0.123. The lowest BCUT2D eigenvalue weighted by atomic mass is 10.00. The molecular weight excluding hydrogens is 362 g/mol. The van der Waals surface area contributed by atoms with E-state index in [4.69, 9.17) is 4.74 Å². The fraction of sp³-hybridized carbons (Fsp3) is 0.0952. The van der Waals surface area contributed by atoms with Gasteiger partial charge in [0, 0.05) is 0 Å². The molecule has 5 nitrogen and oxygen atoms in total. The maximum absolute atomic E-state index is 12.4. The molecule has 0 aliphatic rings. The van der Waals surface area contributed by atoms with Crippen LogP contribution in [0.15, 0.2) is 72.1 Å². The number of carbonyl (C=O) groups is 3. The van der Waals surface area contributed by atoms with Crippen LogP contribution in [0.4, 0.5) is 0 Å². The standard InChI is InChI=1S/C21H17NO4S/c23-19(22-20(24)18-11-6-12-27-18)14-26-21(25)17-10-5-4-9-16(17)13-15-7-2-1-3-8-15/h1-12H,13-14H2,(H,22,23,24). The summed E-state index contributed by atoms with van der Waals surface area (Å²) in [5, 5.41) is 3.94. The van der Waals surface area contributed by atoms with E-state index < -0.39 is 24.4 Å². The highest BCUT2D eigenvalue weighted by atomic mass is 32.1. The zero-order valence-electron chi connectivity index (χ0n) is 14.4. The molecule has 2 aromatic carbocycles. The van der Waals surface area contributed by atoms with Gasteiger partial charge in [0.25, 0.3) is 11.8 Å². The van der Waals surface area contributed by atoms with E-state index in [2.05, 4.69) is 5.32 Å². The van der Waals surface area contributed by atoms with Gasteiger partial charge in [-0.1, -0.05) is 54.6 Å². The summed E-state index contributed by atoms with van der Waals surface area (Å²) >= 11 is 1.23. The molecule has 0 bridgehead atoms. The van der Waals surface area contributed by atoms with Crippen LogP contribution in [-0.4, -0.2) is 24.4 Å². The number of thiophene rings is 1. The van der Waals surface area contributed by atoms with E-state index in [1.165, 1.54) is 11.3 Å². The number of hydrogen-bond donors (Lipinski definition) is 1. The van der Waals surface area contributed by atoms with Crippen LogP contribution in [0, 0.1) is 0 Å². The summed E-state index contributed by atoms with van der Waals surface area (Å²) in [6.45, 7) is -0.518. The third kappa shape index (κ3) is 5.12. The van der Waals surface area contributed by atoms with Crippen LogP contribution in [0.1, 0.15) is 31.2 Å². The maximum atomic E-state index is 12.4. The van der Waals surface area contributed by atoms with Gasteiger partial charge in [-0.25, -0.2) is 4.79 Å². The summed E-state index contributed by atoms with van der Waals surface area (Å²) in [6, 6.07) is 20.2. The van der Waals surface area contributed by atoms with E-state index in [0.717, 1.165) is 11.1 Å². The first kappa shape index (κ1) is 18.5. The Bertz CT molecular complexity index is 936. The molecule has 1 heterocycles. The quantitative estimate of drug-likeness (QED) is 0.666. The van der Waals surface area contributed by atoms with Crippen molar-refractivity contribution in [2.24, 2.45) is 0 Å². The molecule has 0 aliphatic carbocycles. The van der Waals surface area contributed by atoms with E-state index in [1.807, 2.05) is 42.5 Å². The summed E-state index contributed by atoms with van der Waals surface area (Å²) in [6.07, 6.45) is 0.579. The molecule has 0 unspecified atom stereocenters. The normalized spacial score (nSPS) is 10.2. The number of hydrogen-bond acceptors (Lipinski definition) is 5. The number of carbonyl (C=O) groups excluding carboxylic acids is 3. The molecule has 0 aliphatic heterocycles. The van der Waals surface area contributed by atoms with Gasteiger partial charge in [-0.2, -0.15) is 0 Å². The summed E-state index contributed by atoms with van der Waals surface area (Å²) in [5.41, 5.74) is 2.28. The Morgan fingerprint density at radius 3 is 2.37 bits per heavy atom. The second-order valence-corrected chi connectivity index (χ2v) is 6.70. The van der Waals surface area contributed by atoms with E-state index in [9.17, 15) is 14.4 Å². The number of rotatable bonds is 6. The topological polar surface area (TPSA) is 72.5 Å². The smallest absolute Gasteiger partial charge is 0.338 e. The van der Waals surface area contributed by atoms with E-state index >= 15 is 0 Å². The van der Waals surface area contributed by atoms with Crippen molar-refractivity contribution in [2.45, 2.75) is 6.42 Å². The van der Waals surface area contributed by atoms with Gasteiger partial charge in [0.15, 0.2) is 6.61 Å². The van der Waals surface area contributed by atoms with Gasteiger partial charge in [-0.3, -0.25) is 14.9 Å². The lowest BCUT2D eigenvalue weighted by Gasteiger charge is -2.10. The Balaban J connectivity index is 1.59. The third-order valence-electron chi connectivity index (χ3n) is 3.81. The second-order valence-electron chi connectivity index (χ2n) is 5.75. The van der Waals surface area contributed by atoms with E-state index in [-0.39, 0.29) is 0 Å². The Hall–Kier alpha value is -3.25. The van der Waals surface area contributed by atoms with Gasteiger partial charge < -0.3 is 4.74 Å². The Morgan fingerprint density at radius 1 is 0.889 bits per heavy atom. The fourth-order valence-electron chi connectivity index (χ4n) is 2.53. The third-order valence-corrected chi connectivity index (χ3v) is 4.68. The summed E-state index contributed by atoms with van der Waals surface area (Å²) in [5.74, 6) is -1.77. The molecule has 0 spiro atoms. The average Bonchev–Trinajstić information content (AvgIpc) is 3.22. The van der Waals surface area contributed by atoms with Crippen LogP contribution < -0.4 is 5.32 Å². The van der Waals surface area contributed by atoms with Crippen molar-refractivity contribution in [3.05, 3.63) is 93.7 Å². The zero-order valence-corrected chi connectivity index (χ0v) is 15.2. The monoisotopic (exact) mass is 379 g/mol. The van der Waals surface area contributed by atoms with Crippen molar-refractivity contribution >= 4 is 29.1 Å². The van der Waals surface area contributed by atoms with Crippen molar-refractivity contribution in [3.8, 4) is 0 Å². The number of nitrogens with one attached hydrogen (secondary N) is 1. The van der Waals surface area contributed by atoms with Crippen LogP contribution in [0.2, 0.25) is 0 Å².